The molecule has 49 heavy (non-hydrogen) atoms. The van der Waals surface area contributed by atoms with Crippen LogP contribution in [0.4, 0.5) is 51.1 Å². The van der Waals surface area contributed by atoms with Gasteiger partial charge in [-0.15, -0.1) is 5.10 Å². The summed E-state index contributed by atoms with van der Waals surface area (Å²) in [4.78, 5) is 28.1. The lowest BCUT2D eigenvalue weighted by molar-refractivity contribution is -0.197. The number of anilines is 2. The number of carbonyl (C=O) groups is 2. The molecule has 1 aliphatic carbocycles. The second-order valence-electron chi connectivity index (χ2n) is 12.3. The van der Waals surface area contributed by atoms with Gasteiger partial charge in [0.15, 0.2) is 5.54 Å². The summed E-state index contributed by atoms with van der Waals surface area (Å²) in [7, 11) is 1.23. The molecule has 1 aromatic heterocycles. The number of carboxylic acids is 1. The molecule has 2 heterocycles. The zero-order valence-electron chi connectivity index (χ0n) is 26.1. The number of carboxylic acid groups (broad SMARTS) is 1. The third kappa shape index (κ3) is 6.77. The van der Waals surface area contributed by atoms with Crippen molar-refractivity contribution in [2.45, 2.75) is 82.1 Å². The van der Waals surface area contributed by atoms with Crippen LogP contribution in [-0.4, -0.2) is 49.4 Å². The van der Waals surface area contributed by atoms with Crippen LogP contribution in [-0.2, 0) is 41.1 Å². The third-order valence-corrected chi connectivity index (χ3v) is 9.30. The molecule has 1 saturated carbocycles. The van der Waals surface area contributed by atoms with Crippen molar-refractivity contribution in [2.75, 3.05) is 9.80 Å². The van der Waals surface area contributed by atoms with Gasteiger partial charge in [-0.25, -0.2) is 0 Å². The Bertz CT molecular complexity index is 1670. The van der Waals surface area contributed by atoms with Crippen molar-refractivity contribution >= 4 is 23.5 Å². The molecular weight excluding hydrogens is 675 g/mol. The van der Waals surface area contributed by atoms with Crippen molar-refractivity contribution in [3.05, 3.63) is 64.7 Å². The molecular formula is C31H31F9N6O3. The molecule has 0 bridgehead atoms. The van der Waals surface area contributed by atoms with Crippen LogP contribution in [0.3, 0.4) is 0 Å². The summed E-state index contributed by atoms with van der Waals surface area (Å²) in [6.07, 6.45) is -15.9. The van der Waals surface area contributed by atoms with E-state index in [4.69, 9.17) is 0 Å². The quantitative estimate of drug-likeness (QED) is 0.261. The van der Waals surface area contributed by atoms with E-state index in [1.54, 1.807) is 6.92 Å². The highest BCUT2D eigenvalue weighted by Gasteiger charge is 2.65. The lowest BCUT2D eigenvalue weighted by Gasteiger charge is -2.53. The van der Waals surface area contributed by atoms with Gasteiger partial charge in [0, 0.05) is 36.2 Å². The van der Waals surface area contributed by atoms with E-state index in [1.165, 1.54) is 30.1 Å². The number of carbonyl (C=O) groups excluding carboxylic acids is 1. The monoisotopic (exact) mass is 706 g/mol. The number of amides is 1. The largest absolute Gasteiger partial charge is 0.481 e. The number of alkyl halides is 9. The van der Waals surface area contributed by atoms with E-state index in [2.05, 4.69) is 15.4 Å². The molecule has 266 valence electrons. The zero-order valence-corrected chi connectivity index (χ0v) is 26.1. The van der Waals surface area contributed by atoms with Gasteiger partial charge in [0.05, 0.1) is 24.1 Å². The fourth-order valence-corrected chi connectivity index (χ4v) is 6.91. The smallest absolute Gasteiger partial charge is 0.416 e. The molecule has 1 fully saturated rings. The van der Waals surface area contributed by atoms with Crippen LogP contribution in [0.25, 0.3) is 0 Å². The number of para-hydroxylation sites is 1. The van der Waals surface area contributed by atoms with Crippen molar-refractivity contribution in [1.82, 2.24) is 20.2 Å². The summed E-state index contributed by atoms with van der Waals surface area (Å²) in [5.41, 5.74) is -7.99. The van der Waals surface area contributed by atoms with Gasteiger partial charge in [-0.2, -0.15) is 44.3 Å². The minimum absolute atomic E-state index is 0.0219. The van der Waals surface area contributed by atoms with Gasteiger partial charge >= 0.3 is 24.5 Å². The molecule has 0 spiro atoms. The minimum Gasteiger partial charge on any atom is -0.481 e. The normalized spacial score (nSPS) is 23.2. The fourth-order valence-electron chi connectivity index (χ4n) is 6.91. The van der Waals surface area contributed by atoms with Gasteiger partial charge in [0.25, 0.3) is 5.95 Å². The predicted molar refractivity (Wildman–Crippen MR) is 155 cm³/mol. The number of rotatable bonds is 7. The highest BCUT2D eigenvalue weighted by molar-refractivity contribution is 5.97. The van der Waals surface area contributed by atoms with Gasteiger partial charge in [0.2, 0.25) is 5.91 Å². The summed E-state index contributed by atoms with van der Waals surface area (Å²) in [5.74, 6) is -3.56. The van der Waals surface area contributed by atoms with E-state index < -0.39 is 95.0 Å². The molecule has 18 heteroatoms. The SMILES string of the molecule is CC[C@@H]1C[C@@](N(Cc2cc(C(F)(F)F)cc(C(F)(F)F)c2)c2nnn(C)n2)(C(F)(F)F)c2ccccc2N1C(=O)C1CCC(C(=O)O)CC1. The fraction of sp³-hybridized carbons (Fsp3) is 0.516. The molecule has 3 aromatic rings. The summed E-state index contributed by atoms with van der Waals surface area (Å²) >= 11 is 0. The molecule has 9 nitrogen and oxygen atoms in total. The van der Waals surface area contributed by atoms with Crippen molar-refractivity contribution < 1.29 is 54.2 Å². The molecule has 2 atom stereocenters. The van der Waals surface area contributed by atoms with E-state index in [0.717, 1.165) is 10.9 Å². The summed E-state index contributed by atoms with van der Waals surface area (Å²) < 4.78 is 130. The lowest BCUT2D eigenvalue weighted by atomic mass is 9.74. The Morgan fingerprint density at radius 2 is 1.49 bits per heavy atom. The Morgan fingerprint density at radius 3 is 1.98 bits per heavy atom. The van der Waals surface area contributed by atoms with Crippen LogP contribution in [0, 0.1) is 11.8 Å². The average molecular weight is 707 g/mol. The number of aryl methyl sites for hydroxylation is 1. The van der Waals surface area contributed by atoms with Gasteiger partial charge < -0.3 is 14.9 Å². The van der Waals surface area contributed by atoms with Crippen molar-refractivity contribution in [2.24, 2.45) is 18.9 Å². The van der Waals surface area contributed by atoms with Crippen molar-refractivity contribution in [1.29, 1.82) is 0 Å². The molecule has 0 saturated heterocycles. The van der Waals surface area contributed by atoms with Crippen molar-refractivity contribution in [3.63, 3.8) is 0 Å². The van der Waals surface area contributed by atoms with E-state index in [1.807, 2.05) is 0 Å². The number of benzene rings is 2. The molecule has 2 aromatic carbocycles. The highest BCUT2D eigenvalue weighted by Crippen LogP contribution is 2.56. The third-order valence-electron chi connectivity index (χ3n) is 9.30. The van der Waals surface area contributed by atoms with Crippen LogP contribution in [0.2, 0.25) is 0 Å². The molecule has 5 rings (SSSR count). The maximum atomic E-state index is 15.9. The summed E-state index contributed by atoms with van der Waals surface area (Å²) in [6, 6.07) is 4.50. The number of tetrazole rings is 1. The van der Waals surface area contributed by atoms with E-state index in [-0.39, 0.29) is 43.9 Å². The molecule has 1 amide bonds. The molecule has 0 unspecified atom stereocenters. The first-order valence-corrected chi connectivity index (χ1v) is 15.3. The zero-order chi connectivity index (χ0) is 36.1. The first-order chi connectivity index (χ1) is 22.8. The second-order valence-corrected chi connectivity index (χ2v) is 12.3. The maximum absolute atomic E-state index is 15.9. The Morgan fingerprint density at radius 1 is 0.918 bits per heavy atom. The number of aliphatic carboxylic acids is 1. The Balaban J connectivity index is 1.70. The van der Waals surface area contributed by atoms with Crippen LogP contribution >= 0.6 is 0 Å². The number of halogens is 9. The van der Waals surface area contributed by atoms with Gasteiger partial charge in [-0.05, 0) is 67.1 Å². The Hall–Kier alpha value is -4.38. The van der Waals surface area contributed by atoms with Crippen LogP contribution < -0.4 is 9.80 Å². The van der Waals surface area contributed by atoms with E-state index in [0.29, 0.717) is 17.0 Å². The van der Waals surface area contributed by atoms with Gasteiger partial charge in [-0.1, -0.05) is 30.2 Å². The number of nitrogens with zero attached hydrogens (tertiary/aromatic N) is 6. The molecule has 1 aliphatic heterocycles. The second kappa shape index (κ2) is 12.8. The van der Waals surface area contributed by atoms with Crippen LogP contribution in [0.5, 0.6) is 0 Å². The standard InChI is InChI=1S/C31H31F9N6O3/c1-3-22-15-28(31(38,39)40,23-6-4-5-7-24(23)46(22)25(47)18-8-10-19(11-9-18)26(48)49)45(27-41-43-44(2)42-27)16-17-12-20(29(32,33)34)14-21(13-17)30(35,36)37/h4-7,12-14,18-19,22H,3,8-11,15-16H2,1-2H3,(H,48,49)/t18?,19?,22-,28+/m1/s1. The van der Waals surface area contributed by atoms with Gasteiger partial charge in [0.1, 0.15) is 0 Å². The lowest BCUT2D eigenvalue weighted by Crippen LogP contribution is -2.63. The first kappa shape index (κ1) is 35.9. The number of hydrogen-bond acceptors (Lipinski definition) is 6. The van der Waals surface area contributed by atoms with Crippen LogP contribution in [0.15, 0.2) is 42.5 Å². The minimum atomic E-state index is -5.26. The molecule has 1 N–H and O–H groups in total. The summed E-state index contributed by atoms with van der Waals surface area (Å²) in [6.45, 7) is 0.394. The van der Waals surface area contributed by atoms with Crippen LogP contribution in [0.1, 0.15) is 67.7 Å². The highest BCUT2D eigenvalue weighted by atomic mass is 19.4. The number of aromatic nitrogens is 4. The average Bonchev–Trinajstić information content (AvgIpc) is 3.46. The van der Waals surface area contributed by atoms with Gasteiger partial charge in [-0.3, -0.25) is 9.59 Å². The summed E-state index contributed by atoms with van der Waals surface area (Å²) in [5, 5.41) is 20.6. The number of fused-ring (bicyclic) bond motifs is 1. The van der Waals surface area contributed by atoms with E-state index >= 15 is 13.2 Å². The first-order valence-electron chi connectivity index (χ1n) is 15.3. The molecule has 2 aliphatic rings. The Labute approximate surface area is 273 Å². The molecule has 0 radical (unpaired) electrons. The van der Waals surface area contributed by atoms with E-state index in [9.17, 15) is 41.0 Å². The Kier molecular flexibility index (Phi) is 9.40. The predicted octanol–water partition coefficient (Wildman–Crippen LogP) is 7.12. The topological polar surface area (TPSA) is 104 Å². The van der Waals surface area contributed by atoms with Crippen molar-refractivity contribution in [3.8, 4) is 0 Å². The number of hydrogen-bond donors (Lipinski definition) is 1. The maximum Gasteiger partial charge on any atom is 0.416 e.